The molecule has 4 heteroatoms. The average Bonchev–Trinajstić information content (AvgIpc) is 2.97. The molecule has 3 rings (SSSR count). The van der Waals surface area contributed by atoms with Gasteiger partial charge in [0.1, 0.15) is 6.17 Å². The molecule has 1 aromatic rings. The molecule has 25 heavy (non-hydrogen) atoms. The number of anilines is 1. The third-order valence-electron chi connectivity index (χ3n) is 6.03. The summed E-state index contributed by atoms with van der Waals surface area (Å²) < 4.78 is 1.06. The van der Waals surface area contributed by atoms with E-state index in [1.54, 1.807) is 0 Å². The van der Waals surface area contributed by atoms with Crippen molar-refractivity contribution in [2.75, 3.05) is 18.5 Å². The first-order valence-electron chi connectivity index (χ1n) is 8.75. The number of benzene rings is 1. The van der Waals surface area contributed by atoms with Crippen molar-refractivity contribution in [1.29, 1.82) is 0 Å². The summed E-state index contributed by atoms with van der Waals surface area (Å²) in [6.45, 7) is 13.5. The van der Waals surface area contributed by atoms with Crippen LogP contribution in [0.4, 0.5) is 5.69 Å². The predicted octanol–water partition coefficient (Wildman–Crippen LogP) is 4.87. The minimum Gasteiger partial charge on any atom is -0.346 e. The van der Waals surface area contributed by atoms with Crippen LogP contribution in [0.25, 0.3) is 0 Å². The average molecular weight is 403 g/mol. The van der Waals surface area contributed by atoms with Crippen molar-refractivity contribution < 1.29 is 4.79 Å². The van der Waals surface area contributed by atoms with E-state index in [1.165, 1.54) is 16.8 Å². The minimum atomic E-state index is -0.286. The third-order valence-corrected chi connectivity index (χ3v) is 6.53. The van der Waals surface area contributed by atoms with Gasteiger partial charge in [0.2, 0.25) is 5.91 Å². The van der Waals surface area contributed by atoms with Crippen molar-refractivity contribution >= 4 is 27.5 Å². The lowest BCUT2D eigenvalue weighted by molar-refractivity contribution is -0.127. The lowest BCUT2D eigenvalue weighted by atomic mass is 9.60. The van der Waals surface area contributed by atoms with Crippen LogP contribution in [0.3, 0.4) is 0 Å². The molecule has 1 saturated heterocycles. The second-order valence-electron chi connectivity index (χ2n) is 8.05. The maximum Gasteiger partial charge on any atom is 0.225 e. The van der Waals surface area contributed by atoms with Gasteiger partial charge in [-0.1, -0.05) is 53.6 Å². The van der Waals surface area contributed by atoms with Crippen LogP contribution >= 0.6 is 15.9 Å². The summed E-state index contributed by atoms with van der Waals surface area (Å²) in [4.78, 5) is 17.1. The summed E-state index contributed by atoms with van der Waals surface area (Å²) in [5.41, 5.74) is 3.26. The fraction of sp³-hybridized carbons (Fsp3) is 0.476. The number of allylic oxidation sites excluding steroid dienone is 2. The topological polar surface area (TPSA) is 23.6 Å². The molecule has 0 aliphatic carbocycles. The van der Waals surface area contributed by atoms with E-state index in [1.807, 2.05) is 18.0 Å². The normalized spacial score (nSPS) is 25.0. The molecule has 0 N–H and O–H groups in total. The first-order chi connectivity index (χ1) is 11.7. The SMILES string of the molecule is C=CC(C)(C)[C@@]12CC(=O)N(C)[C@@H]1N(CC=C(C)C)c1cc(Br)ccc12. The lowest BCUT2D eigenvalue weighted by Crippen LogP contribution is -2.54. The molecule has 2 atom stereocenters. The number of fused-ring (bicyclic) bond motifs is 3. The summed E-state index contributed by atoms with van der Waals surface area (Å²) in [6, 6.07) is 6.46. The second kappa shape index (κ2) is 6.01. The number of halogens is 1. The van der Waals surface area contributed by atoms with Gasteiger partial charge in [0, 0.05) is 30.2 Å². The molecule has 1 amide bonds. The van der Waals surface area contributed by atoms with E-state index >= 15 is 0 Å². The highest BCUT2D eigenvalue weighted by Gasteiger charge is 2.64. The Hall–Kier alpha value is -1.55. The van der Waals surface area contributed by atoms with Crippen molar-refractivity contribution in [3.8, 4) is 0 Å². The van der Waals surface area contributed by atoms with E-state index in [0.29, 0.717) is 6.42 Å². The Kier molecular flexibility index (Phi) is 4.39. The quantitative estimate of drug-likeness (QED) is 0.670. The van der Waals surface area contributed by atoms with Crippen LogP contribution in [-0.2, 0) is 10.2 Å². The number of likely N-dealkylation sites (N-methyl/N-ethyl adjacent to an activating group) is 1. The van der Waals surface area contributed by atoms with Gasteiger partial charge in [-0.05, 0) is 37.0 Å². The summed E-state index contributed by atoms with van der Waals surface area (Å²) >= 11 is 3.62. The molecule has 0 radical (unpaired) electrons. The molecule has 2 aliphatic rings. The molecular weight excluding hydrogens is 376 g/mol. The van der Waals surface area contributed by atoms with E-state index in [4.69, 9.17) is 0 Å². The summed E-state index contributed by atoms with van der Waals surface area (Å²) in [6.07, 6.45) is 4.78. The zero-order valence-electron chi connectivity index (χ0n) is 15.8. The van der Waals surface area contributed by atoms with E-state index in [2.05, 4.69) is 79.4 Å². The van der Waals surface area contributed by atoms with Crippen molar-refractivity contribution in [2.24, 2.45) is 5.41 Å². The second-order valence-corrected chi connectivity index (χ2v) is 8.96. The van der Waals surface area contributed by atoms with E-state index in [9.17, 15) is 4.79 Å². The largest absolute Gasteiger partial charge is 0.346 e. The lowest BCUT2D eigenvalue weighted by Gasteiger charge is -2.44. The van der Waals surface area contributed by atoms with Crippen molar-refractivity contribution in [3.05, 3.63) is 52.5 Å². The fourth-order valence-corrected chi connectivity index (χ4v) is 4.80. The van der Waals surface area contributed by atoms with Gasteiger partial charge < -0.3 is 9.80 Å². The third kappa shape index (κ3) is 2.49. The smallest absolute Gasteiger partial charge is 0.225 e. The number of rotatable bonds is 4. The van der Waals surface area contributed by atoms with Gasteiger partial charge in [0.15, 0.2) is 0 Å². The Morgan fingerprint density at radius 3 is 2.72 bits per heavy atom. The Labute approximate surface area is 159 Å². The van der Waals surface area contributed by atoms with Gasteiger partial charge in [-0.15, -0.1) is 6.58 Å². The molecule has 1 aromatic carbocycles. The first kappa shape index (κ1) is 18.2. The summed E-state index contributed by atoms with van der Waals surface area (Å²) in [7, 11) is 1.93. The van der Waals surface area contributed by atoms with E-state index in [-0.39, 0.29) is 22.9 Å². The van der Waals surface area contributed by atoms with Crippen LogP contribution in [0.1, 0.15) is 39.7 Å². The number of likely N-dealkylation sites (tertiary alicyclic amines) is 1. The number of carbonyl (C=O) groups excluding carboxylic acids is 1. The van der Waals surface area contributed by atoms with Gasteiger partial charge >= 0.3 is 0 Å². The molecule has 0 aromatic heterocycles. The molecule has 2 aliphatic heterocycles. The monoisotopic (exact) mass is 402 g/mol. The van der Waals surface area contributed by atoms with E-state index in [0.717, 1.165) is 11.0 Å². The van der Waals surface area contributed by atoms with Crippen LogP contribution in [0.2, 0.25) is 0 Å². The molecule has 134 valence electrons. The molecule has 1 fully saturated rings. The highest BCUT2D eigenvalue weighted by atomic mass is 79.9. The standard InChI is InChI=1S/C21H27BrN2O/c1-7-20(4,5)21-13-18(25)23(6)19(21)24(11-10-14(2)3)17-12-15(22)8-9-16(17)21/h7-10,12,19H,1,11,13H2,2-6H3/t19-,21-/m1/s1. The summed E-state index contributed by atoms with van der Waals surface area (Å²) in [5, 5.41) is 0. The zero-order valence-corrected chi connectivity index (χ0v) is 17.4. The van der Waals surface area contributed by atoms with Gasteiger partial charge in [0.25, 0.3) is 0 Å². The maximum atomic E-state index is 12.8. The van der Waals surface area contributed by atoms with Crippen LogP contribution < -0.4 is 4.90 Å². The molecule has 3 nitrogen and oxygen atoms in total. The van der Waals surface area contributed by atoms with Crippen molar-refractivity contribution in [2.45, 2.75) is 45.7 Å². The van der Waals surface area contributed by atoms with E-state index < -0.39 is 0 Å². The highest BCUT2D eigenvalue weighted by Crippen LogP contribution is 2.60. The Morgan fingerprint density at radius 2 is 2.12 bits per heavy atom. The van der Waals surface area contributed by atoms with Crippen LogP contribution in [-0.4, -0.2) is 30.6 Å². The van der Waals surface area contributed by atoms with Gasteiger partial charge in [0.05, 0.1) is 5.41 Å². The molecule has 0 spiro atoms. The van der Waals surface area contributed by atoms with Crippen LogP contribution in [0.5, 0.6) is 0 Å². The molecule has 0 saturated carbocycles. The Balaban J connectivity index is 2.28. The maximum absolute atomic E-state index is 12.8. The molecule has 0 bridgehead atoms. The number of amides is 1. The predicted molar refractivity (Wildman–Crippen MR) is 108 cm³/mol. The number of hydrogen-bond acceptors (Lipinski definition) is 2. The minimum absolute atomic E-state index is 0.00731. The van der Waals surface area contributed by atoms with Gasteiger partial charge in [-0.2, -0.15) is 0 Å². The number of hydrogen-bond donors (Lipinski definition) is 0. The van der Waals surface area contributed by atoms with Crippen LogP contribution in [0, 0.1) is 5.41 Å². The fourth-order valence-electron chi connectivity index (χ4n) is 4.45. The Morgan fingerprint density at radius 1 is 1.44 bits per heavy atom. The van der Waals surface area contributed by atoms with Crippen molar-refractivity contribution in [1.82, 2.24) is 4.90 Å². The number of nitrogens with zero attached hydrogens (tertiary/aromatic N) is 2. The molecule has 0 unspecified atom stereocenters. The molecular formula is C21H27BrN2O. The Bertz CT molecular complexity index is 763. The van der Waals surface area contributed by atoms with Gasteiger partial charge in [-0.25, -0.2) is 0 Å². The van der Waals surface area contributed by atoms with Crippen molar-refractivity contribution in [3.63, 3.8) is 0 Å². The molecule has 2 heterocycles. The summed E-state index contributed by atoms with van der Waals surface area (Å²) in [5.74, 6) is 0.204. The number of carbonyl (C=O) groups is 1. The van der Waals surface area contributed by atoms with Crippen LogP contribution in [0.15, 0.2) is 47.0 Å². The highest BCUT2D eigenvalue weighted by molar-refractivity contribution is 9.10. The first-order valence-corrected chi connectivity index (χ1v) is 9.54. The zero-order chi connectivity index (χ0) is 18.6. The van der Waals surface area contributed by atoms with Gasteiger partial charge in [-0.3, -0.25) is 4.79 Å².